The number of carbonyl (C=O) groups is 1. The fraction of sp³-hybridized carbons (Fsp3) is 0.462. The van der Waals surface area contributed by atoms with Crippen molar-refractivity contribution < 1.29 is 13.2 Å². The van der Waals surface area contributed by atoms with Crippen molar-refractivity contribution in [3.8, 4) is 0 Å². The first-order valence-electron chi connectivity index (χ1n) is 6.45. The van der Waals surface area contributed by atoms with Crippen LogP contribution >= 0.6 is 0 Å². The zero-order chi connectivity index (χ0) is 15.2. The van der Waals surface area contributed by atoms with Crippen molar-refractivity contribution in [1.82, 2.24) is 4.72 Å². The third-order valence-corrected chi connectivity index (χ3v) is 4.42. The average molecular weight is 299 g/mol. The second kappa shape index (κ2) is 7.37. The van der Waals surface area contributed by atoms with Gasteiger partial charge in [-0.15, -0.1) is 0 Å². The Morgan fingerprint density at radius 2 is 1.90 bits per heavy atom. The first-order valence-corrected chi connectivity index (χ1v) is 7.93. The summed E-state index contributed by atoms with van der Waals surface area (Å²) in [5.41, 5.74) is 5.98. The van der Waals surface area contributed by atoms with Gasteiger partial charge >= 0.3 is 0 Å². The van der Waals surface area contributed by atoms with Gasteiger partial charge < -0.3 is 11.1 Å². The predicted molar refractivity (Wildman–Crippen MR) is 78.8 cm³/mol. The normalized spacial score (nSPS) is 12.9. The van der Waals surface area contributed by atoms with Gasteiger partial charge in [0.2, 0.25) is 15.9 Å². The Hall–Kier alpha value is -1.44. The van der Waals surface area contributed by atoms with E-state index in [4.69, 9.17) is 5.73 Å². The largest absolute Gasteiger partial charge is 0.330 e. The number of rotatable bonds is 7. The molecule has 7 heteroatoms. The SMILES string of the molecule is CNS(=O)(=O)c1ccc(NC(=O)C(C)CCCN)cc1. The van der Waals surface area contributed by atoms with E-state index in [0.29, 0.717) is 12.2 Å². The Kier molecular flexibility index (Phi) is 6.12. The molecule has 112 valence electrons. The quantitative estimate of drug-likeness (QED) is 0.696. The van der Waals surface area contributed by atoms with E-state index in [9.17, 15) is 13.2 Å². The topological polar surface area (TPSA) is 101 Å². The molecule has 1 rings (SSSR count). The van der Waals surface area contributed by atoms with Crippen LogP contribution in [0, 0.1) is 5.92 Å². The minimum Gasteiger partial charge on any atom is -0.330 e. The summed E-state index contributed by atoms with van der Waals surface area (Å²) in [6, 6.07) is 6.04. The lowest BCUT2D eigenvalue weighted by Gasteiger charge is -2.12. The van der Waals surface area contributed by atoms with Crippen molar-refractivity contribution in [3.63, 3.8) is 0 Å². The van der Waals surface area contributed by atoms with Crippen LogP contribution in [-0.2, 0) is 14.8 Å². The molecule has 20 heavy (non-hydrogen) atoms. The summed E-state index contributed by atoms with van der Waals surface area (Å²) in [4.78, 5) is 12.0. The molecule has 0 fully saturated rings. The lowest BCUT2D eigenvalue weighted by molar-refractivity contribution is -0.119. The van der Waals surface area contributed by atoms with Crippen LogP contribution in [0.1, 0.15) is 19.8 Å². The van der Waals surface area contributed by atoms with E-state index in [1.54, 1.807) is 12.1 Å². The van der Waals surface area contributed by atoms with Gasteiger partial charge in [-0.1, -0.05) is 6.92 Å². The van der Waals surface area contributed by atoms with Crippen molar-refractivity contribution in [3.05, 3.63) is 24.3 Å². The fourth-order valence-corrected chi connectivity index (χ4v) is 2.39. The Bertz CT molecular complexity index is 540. The molecule has 0 bridgehead atoms. The van der Waals surface area contributed by atoms with Gasteiger partial charge in [-0.05, 0) is 50.7 Å². The van der Waals surface area contributed by atoms with E-state index in [1.165, 1.54) is 19.2 Å². The smallest absolute Gasteiger partial charge is 0.240 e. The number of carbonyl (C=O) groups excluding carboxylic acids is 1. The summed E-state index contributed by atoms with van der Waals surface area (Å²) >= 11 is 0. The van der Waals surface area contributed by atoms with Crippen molar-refractivity contribution in [2.24, 2.45) is 11.7 Å². The first kappa shape index (κ1) is 16.6. The van der Waals surface area contributed by atoms with E-state index in [1.807, 2.05) is 6.92 Å². The second-order valence-corrected chi connectivity index (χ2v) is 6.44. The Morgan fingerprint density at radius 3 is 2.40 bits per heavy atom. The molecule has 1 unspecified atom stereocenters. The van der Waals surface area contributed by atoms with Gasteiger partial charge in [0.1, 0.15) is 0 Å². The molecule has 0 heterocycles. The summed E-state index contributed by atoms with van der Waals surface area (Å²) in [6.07, 6.45) is 1.53. The highest BCUT2D eigenvalue weighted by molar-refractivity contribution is 7.89. The van der Waals surface area contributed by atoms with Gasteiger partial charge in [-0.3, -0.25) is 4.79 Å². The predicted octanol–water partition coefficient (Wildman–Crippen LogP) is 0.908. The van der Waals surface area contributed by atoms with Gasteiger partial charge in [0.15, 0.2) is 0 Å². The summed E-state index contributed by atoms with van der Waals surface area (Å²) in [5.74, 6) is -0.220. The first-order chi connectivity index (χ1) is 9.40. The fourth-order valence-electron chi connectivity index (χ4n) is 1.66. The molecule has 0 saturated carbocycles. The molecule has 0 aliphatic rings. The summed E-state index contributed by atoms with van der Waals surface area (Å²) in [7, 11) is -2.10. The van der Waals surface area contributed by atoms with Crippen LogP contribution < -0.4 is 15.8 Å². The van der Waals surface area contributed by atoms with Crippen molar-refractivity contribution in [1.29, 1.82) is 0 Å². The van der Waals surface area contributed by atoms with Gasteiger partial charge in [-0.2, -0.15) is 0 Å². The van der Waals surface area contributed by atoms with Crippen LogP contribution in [0.5, 0.6) is 0 Å². The second-order valence-electron chi connectivity index (χ2n) is 4.55. The van der Waals surface area contributed by atoms with Crippen LogP contribution in [0.4, 0.5) is 5.69 Å². The molecule has 1 aromatic rings. The maximum atomic E-state index is 11.9. The van der Waals surface area contributed by atoms with Crippen molar-refractivity contribution >= 4 is 21.6 Å². The number of hydrogen-bond donors (Lipinski definition) is 3. The van der Waals surface area contributed by atoms with Crippen LogP contribution in [0.3, 0.4) is 0 Å². The molecular weight excluding hydrogens is 278 g/mol. The molecule has 0 radical (unpaired) electrons. The molecule has 1 aromatic carbocycles. The van der Waals surface area contributed by atoms with E-state index in [2.05, 4.69) is 10.0 Å². The van der Waals surface area contributed by atoms with Gasteiger partial charge in [0.25, 0.3) is 0 Å². The zero-order valence-corrected chi connectivity index (χ0v) is 12.5. The maximum Gasteiger partial charge on any atom is 0.240 e. The molecule has 1 atom stereocenters. The third-order valence-electron chi connectivity index (χ3n) is 2.99. The van der Waals surface area contributed by atoms with Gasteiger partial charge in [0, 0.05) is 11.6 Å². The standard InChI is InChI=1S/C13H21N3O3S/c1-10(4-3-9-14)13(17)16-11-5-7-12(8-6-11)20(18,19)15-2/h5-8,10,15H,3-4,9,14H2,1-2H3,(H,16,17). The highest BCUT2D eigenvalue weighted by atomic mass is 32.2. The van der Waals surface area contributed by atoms with E-state index >= 15 is 0 Å². The molecule has 1 amide bonds. The lowest BCUT2D eigenvalue weighted by Crippen LogP contribution is -2.21. The number of amides is 1. The zero-order valence-electron chi connectivity index (χ0n) is 11.7. The number of anilines is 1. The van der Waals surface area contributed by atoms with Crippen LogP contribution in [0.25, 0.3) is 0 Å². The third kappa shape index (κ3) is 4.59. The van der Waals surface area contributed by atoms with Gasteiger partial charge in [-0.25, -0.2) is 13.1 Å². The monoisotopic (exact) mass is 299 g/mol. The van der Waals surface area contributed by atoms with Crippen LogP contribution in [0.2, 0.25) is 0 Å². The number of benzene rings is 1. The van der Waals surface area contributed by atoms with E-state index in [0.717, 1.165) is 12.8 Å². The highest BCUT2D eigenvalue weighted by Crippen LogP contribution is 2.15. The molecule has 0 aliphatic carbocycles. The lowest BCUT2D eigenvalue weighted by atomic mass is 10.0. The Labute approximate surface area is 119 Å². The summed E-state index contributed by atoms with van der Waals surface area (Å²) in [5, 5.41) is 2.75. The molecule has 0 aromatic heterocycles. The van der Waals surface area contributed by atoms with Crippen LogP contribution in [-0.4, -0.2) is 27.9 Å². The molecule has 0 saturated heterocycles. The number of nitrogens with one attached hydrogen (secondary N) is 2. The number of nitrogens with two attached hydrogens (primary N) is 1. The molecular formula is C13H21N3O3S. The number of sulfonamides is 1. The van der Waals surface area contributed by atoms with Crippen molar-refractivity contribution in [2.45, 2.75) is 24.7 Å². The van der Waals surface area contributed by atoms with Crippen molar-refractivity contribution in [2.75, 3.05) is 18.9 Å². The molecule has 4 N–H and O–H groups in total. The molecule has 0 aliphatic heterocycles. The Morgan fingerprint density at radius 1 is 1.30 bits per heavy atom. The van der Waals surface area contributed by atoms with E-state index < -0.39 is 10.0 Å². The van der Waals surface area contributed by atoms with Crippen LogP contribution in [0.15, 0.2) is 29.2 Å². The van der Waals surface area contributed by atoms with Gasteiger partial charge in [0.05, 0.1) is 4.90 Å². The minimum atomic E-state index is -3.45. The summed E-state index contributed by atoms with van der Waals surface area (Å²) < 4.78 is 25.3. The maximum absolute atomic E-state index is 11.9. The Balaban J connectivity index is 2.68. The highest BCUT2D eigenvalue weighted by Gasteiger charge is 2.14. The molecule has 0 spiro atoms. The van der Waals surface area contributed by atoms with E-state index in [-0.39, 0.29) is 16.7 Å². The number of hydrogen-bond acceptors (Lipinski definition) is 4. The minimum absolute atomic E-state index is 0.0947. The molecule has 6 nitrogen and oxygen atoms in total. The summed E-state index contributed by atoms with van der Waals surface area (Å²) in [6.45, 7) is 2.40. The average Bonchev–Trinajstić information content (AvgIpc) is 2.45.